The van der Waals surface area contributed by atoms with Crippen LogP contribution in [-0.2, 0) is 13.6 Å². The van der Waals surface area contributed by atoms with Crippen molar-refractivity contribution in [1.29, 1.82) is 0 Å². The van der Waals surface area contributed by atoms with Gasteiger partial charge in [-0.1, -0.05) is 17.7 Å². The van der Waals surface area contributed by atoms with Crippen molar-refractivity contribution in [3.63, 3.8) is 0 Å². The monoisotopic (exact) mass is 487 g/mol. The highest BCUT2D eigenvalue weighted by Crippen LogP contribution is 2.23. The lowest BCUT2D eigenvalue weighted by Crippen LogP contribution is -2.44. The van der Waals surface area contributed by atoms with Gasteiger partial charge in [-0.25, -0.2) is 4.99 Å². The number of hydrogen-bond donors (Lipinski definition) is 2. The number of nitrogens with one attached hydrogen (secondary N) is 2. The molecule has 0 bridgehead atoms. The molecule has 5 nitrogen and oxygen atoms in total. The molecular weight excluding hydrogens is 461 g/mol. The molecule has 1 aliphatic rings. The molecule has 0 spiro atoms. The molecule has 2 N–H and O–H groups in total. The summed E-state index contributed by atoms with van der Waals surface area (Å²) in [4.78, 5) is 7.08. The van der Waals surface area contributed by atoms with Crippen LogP contribution in [0.1, 0.15) is 18.9 Å². The number of halogens is 2. The number of guanidine groups is 1. The van der Waals surface area contributed by atoms with E-state index < -0.39 is 0 Å². The second kappa shape index (κ2) is 10.1. The Bertz CT molecular complexity index is 730. The van der Waals surface area contributed by atoms with Gasteiger partial charge in [-0.05, 0) is 43.2 Å². The lowest BCUT2D eigenvalue weighted by Gasteiger charge is -2.20. The van der Waals surface area contributed by atoms with Gasteiger partial charge in [0, 0.05) is 55.8 Å². The third-order valence-electron chi connectivity index (χ3n) is 4.36. The van der Waals surface area contributed by atoms with Crippen molar-refractivity contribution in [2.24, 2.45) is 12.0 Å². The molecule has 2 heterocycles. The highest BCUT2D eigenvalue weighted by Gasteiger charge is 2.23. The van der Waals surface area contributed by atoms with Gasteiger partial charge in [0.15, 0.2) is 5.96 Å². The minimum absolute atomic E-state index is 0. The molecular formula is C19H27ClIN5. The van der Waals surface area contributed by atoms with Gasteiger partial charge in [0.2, 0.25) is 0 Å². The van der Waals surface area contributed by atoms with E-state index >= 15 is 0 Å². The first-order valence-electron chi connectivity index (χ1n) is 8.80. The zero-order chi connectivity index (χ0) is 17.6. The van der Waals surface area contributed by atoms with E-state index in [-0.39, 0.29) is 24.0 Å². The van der Waals surface area contributed by atoms with Gasteiger partial charge in [-0.15, -0.1) is 24.0 Å². The van der Waals surface area contributed by atoms with Gasteiger partial charge in [-0.3, -0.25) is 0 Å². The molecule has 142 valence electrons. The third kappa shape index (κ3) is 5.81. The van der Waals surface area contributed by atoms with Crippen LogP contribution in [0.25, 0.3) is 0 Å². The normalized spacial score (nSPS) is 17.1. The first-order valence-corrected chi connectivity index (χ1v) is 9.18. The van der Waals surface area contributed by atoms with E-state index in [1.54, 1.807) is 0 Å². The molecule has 0 radical (unpaired) electrons. The van der Waals surface area contributed by atoms with Crippen LogP contribution in [0, 0.1) is 0 Å². The number of hydrogen-bond acceptors (Lipinski definition) is 2. The topological polar surface area (TPSA) is 44.6 Å². The van der Waals surface area contributed by atoms with Crippen molar-refractivity contribution >= 4 is 47.2 Å². The van der Waals surface area contributed by atoms with E-state index in [4.69, 9.17) is 16.6 Å². The number of nitrogens with zero attached hydrogens (tertiary/aromatic N) is 3. The maximum Gasteiger partial charge on any atom is 0.191 e. The minimum Gasteiger partial charge on any atom is -0.369 e. The molecule has 7 heteroatoms. The Morgan fingerprint density at radius 1 is 1.35 bits per heavy atom. The average Bonchev–Trinajstić information content (AvgIpc) is 3.22. The predicted octanol–water partition coefficient (Wildman–Crippen LogP) is 3.63. The SMILES string of the molecule is CCNC(=NCc1ccn(C)c1)NC1CCN(c2cccc(Cl)c2)C1.I. The molecule has 1 unspecified atom stereocenters. The molecule has 1 saturated heterocycles. The van der Waals surface area contributed by atoms with Crippen molar-refractivity contribution in [3.05, 3.63) is 53.3 Å². The summed E-state index contributed by atoms with van der Waals surface area (Å²) in [6, 6.07) is 10.5. The first-order chi connectivity index (χ1) is 12.1. The number of anilines is 1. The molecule has 1 aliphatic heterocycles. The molecule has 0 aliphatic carbocycles. The van der Waals surface area contributed by atoms with Gasteiger partial charge in [0.25, 0.3) is 0 Å². The summed E-state index contributed by atoms with van der Waals surface area (Å²) in [5, 5.41) is 7.69. The number of aryl methyl sites for hydroxylation is 1. The molecule has 3 rings (SSSR count). The van der Waals surface area contributed by atoms with Crippen LogP contribution >= 0.6 is 35.6 Å². The van der Waals surface area contributed by atoms with Crippen LogP contribution < -0.4 is 15.5 Å². The minimum atomic E-state index is 0. The van der Waals surface area contributed by atoms with E-state index in [2.05, 4.69) is 40.8 Å². The summed E-state index contributed by atoms with van der Waals surface area (Å²) in [5.41, 5.74) is 2.40. The average molecular weight is 488 g/mol. The molecule has 0 amide bonds. The van der Waals surface area contributed by atoms with Crippen LogP contribution in [0.15, 0.2) is 47.7 Å². The van der Waals surface area contributed by atoms with Crippen molar-refractivity contribution < 1.29 is 0 Å². The van der Waals surface area contributed by atoms with E-state index in [1.807, 2.05) is 36.0 Å². The van der Waals surface area contributed by atoms with Crippen LogP contribution in [0.3, 0.4) is 0 Å². The largest absolute Gasteiger partial charge is 0.369 e. The second-order valence-electron chi connectivity index (χ2n) is 6.44. The first kappa shape index (κ1) is 20.9. The van der Waals surface area contributed by atoms with Crippen LogP contribution in [0.2, 0.25) is 5.02 Å². The van der Waals surface area contributed by atoms with Crippen molar-refractivity contribution in [2.75, 3.05) is 24.5 Å². The fourth-order valence-corrected chi connectivity index (χ4v) is 3.31. The molecule has 1 fully saturated rings. The number of benzene rings is 1. The molecule has 26 heavy (non-hydrogen) atoms. The van der Waals surface area contributed by atoms with Gasteiger partial charge in [0.1, 0.15) is 0 Å². The Labute approximate surface area is 177 Å². The molecule has 1 aromatic heterocycles. The fourth-order valence-electron chi connectivity index (χ4n) is 3.12. The quantitative estimate of drug-likeness (QED) is 0.385. The third-order valence-corrected chi connectivity index (χ3v) is 4.59. The van der Waals surface area contributed by atoms with Crippen LogP contribution in [-0.4, -0.2) is 36.2 Å². The molecule has 2 aromatic rings. The lowest BCUT2D eigenvalue weighted by atomic mass is 10.2. The zero-order valence-corrected chi connectivity index (χ0v) is 18.4. The fraction of sp³-hybridized carbons (Fsp3) is 0.421. The maximum atomic E-state index is 6.11. The molecule has 1 aromatic carbocycles. The summed E-state index contributed by atoms with van der Waals surface area (Å²) in [6.07, 6.45) is 5.23. The molecule has 0 saturated carbocycles. The Balaban J connectivity index is 0.00000243. The Kier molecular flexibility index (Phi) is 8.09. The summed E-state index contributed by atoms with van der Waals surface area (Å²) in [5.74, 6) is 0.879. The van der Waals surface area contributed by atoms with E-state index in [0.717, 1.165) is 37.0 Å². The Morgan fingerprint density at radius 3 is 2.88 bits per heavy atom. The van der Waals surface area contributed by atoms with E-state index in [9.17, 15) is 0 Å². The summed E-state index contributed by atoms with van der Waals surface area (Å²) in [7, 11) is 2.03. The number of aliphatic imine (C=N–C) groups is 1. The van der Waals surface area contributed by atoms with Crippen molar-refractivity contribution in [1.82, 2.24) is 15.2 Å². The van der Waals surface area contributed by atoms with Crippen LogP contribution in [0.4, 0.5) is 5.69 Å². The van der Waals surface area contributed by atoms with Crippen LogP contribution in [0.5, 0.6) is 0 Å². The molecule has 1 atom stereocenters. The summed E-state index contributed by atoms with van der Waals surface area (Å²) >= 11 is 6.11. The van der Waals surface area contributed by atoms with E-state index in [1.165, 1.54) is 11.3 Å². The highest BCUT2D eigenvalue weighted by atomic mass is 127. The van der Waals surface area contributed by atoms with Gasteiger partial charge >= 0.3 is 0 Å². The standard InChI is InChI=1S/C19H26ClN5.HI/c1-3-21-19(22-12-15-7-9-24(2)13-15)23-17-8-10-25(14-17)18-6-4-5-16(20)11-18;/h4-7,9,11,13,17H,3,8,10,12,14H2,1-2H3,(H2,21,22,23);1H. The zero-order valence-electron chi connectivity index (χ0n) is 15.3. The second-order valence-corrected chi connectivity index (χ2v) is 6.87. The smallest absolute Gasteiger partial charge is 0.191 e. The van der Waals surface area contributed by atoms with Gasteiger partial charge in [0.05, 0.1) is 6.54 Å². The maximum absolute atomic E-state index is 6.11. The number of rotatable bonds is 5. The Morgan fingerprint density at radius 2 is 2.19 bits per heavy atom. The predicted molar refractivity (Wildman–Crippen MR) is 121 cm³/mol. The van der Waals surface area contributed by atoms with Crippen molar-refractivity contribution in [3.8, 4) is 0 Å². The van der Waals surface area contributed by atoms with E-state index in [0.29, 0.717) is 12.6 Å². The lowest BCUT2D eigenvalue weighted by molar-refractivity contribution is 0.649. The Hall–Kier alpha value is -1.41. The van der Waals surface area contributed by atoms with Gasteiger partial charge in [-0.2, -0.15) is 0 Å². The summed E-state index contributed by atoms with van der Waals surface area (Å²) < 4.78 is 2.05. The summed E-state index contributed by atoms with van der Waals surface area (Å²) in [6.45, 7) is 5.60. The highest BCUT2D eigenvalue weighted by molar-refractivity contribution is 14.0. The van der Waals surface area contributed by atoms with Crippen molar-refractivity contribution in [2.45, 2.75) is 25.9 Å². The number of aromatic nitrogens is 1. The van der Waals surface area contributed by atoms with Gasteiger partial charge < -0.3 is 20.1 Å².